The molecular formula is C12H16FNO2. The second-order valence-corrected chi connectivity index (χ2v) is 3.69. The Labute approximate surface area is 94.4 Å². The molecule has 1 unspecified atom stereocenters. The Hall–Kier alpha value is -1.42. The van der Waals surface area contributed by atoms with Crippen LogP contribution in [0, 0.1) is 11.7 Å². The molecule has 0 aliphatic carbocycles. The van der Waals surface area contributed by atoms with Crippen LogP contribution >= 0.6 is 0 Å². The van der Waals surface area contributed by atoms with Crippen molar-refractivity contribution in [3.8, 4) is 5.75 Å². The number of ketones is 1. The average Bonchev–Trinajstić information content (AvgIpc) is 2.28. The van der Waals surface area contributed by atoms with Gasteiger partial charge >= 0.3 is 0 Å². The molecule has 0 amide bonds. The summed E-state index contributed by atoms with van der Waals surface area (Å²) in [7, 11) is 1.39. The monoisotopic (exact) mass is 225 g/mol. The molecular weight excluding hydrogens is 209 g/mol. The van der Waals surface area contributed by atoms with Crippen LogP contribution in [0.4, 0.5) is 4.39 Å². The number of carbonyl (C=O) groups excluding carboxylic acids is 1. The highest BCUT2D eigenvalue weighted by Crippen LogP contribution is 2.20. The van der Waals surface area contributed by atoms with Crippen molar-refractivity contribution < 1.29 is 13.9 Å². The van der Waals surface area contributed by atoms with Gasteiger partial charge in [0.15, 0.2) is 17.3 Å². The highest BCUT2D eigenvalue weighted by Gasteiger charge is 2.16. The summed E-state index contributed by atoms with van der Waals surface area (Å²) in [5.41, 5.74) is 5.73. The molecule has 2 N–H and O–H groups in total. The third kappa shape index (κ3) is 2.79. The van der Waals surface area contributed by atoms with Gasteiger partial charge in [-0.15, -0.1) is 0 Å². The fourth-order valence-electron chi connectivity index (χ4n) is 1.49. The first-order chi connectivity index (χ1) is 7.60. The minimum Gasteiger partial charge on any atom is -0.494 e. The molecule has 0 aliphatic rings. The maximum atomic E-state index is 13.4. The first kappa shape index (κ1) is 12.6. The lowest BCUT2D eigenvalue weighted by atomic mass is 9.96. The van der Waals surface area contributed by atoms with E-state index in [9.17, 15) is 9.18 Å². The molecule has 0 fully saturated rings. The number of ether oxygens (including phenoxy) is 1. The molecule has 0 saturated heterocycles. The van der Waals surface area contributed by atoms with E-state index in [1.54, 1.807) is 13.0 Å². The van der Waals surface area contributed by atoms with Gasteiger partial charge < -0.3 is 10.5 Å². The predicted molar refractivity (Wildman–Crippen MR) is 60.1 cm³/mol. The molecule has 1 aromatic rings. The van der Waals surface area contributed by atoms with Crippen LogP contribution in [0.5, 0.6) is 5.75 Å². The van der Waals surface area contributed by atoms with E-state index in [1.807, 2.05) is 0 Å². The zero-order valence-electron chi connectivity index (χ0n) is 9.50. The fourth-order valence-corrected chi connectivity index (χ4v) is 1.49. The van der Waals surface area contributed by atoms with Gasteiger partial charge in [0, 0.05) is 11.5 Å². The van der Waals surface area contributed by atoms with Gasteiger partial charge in [-0.2, -0.15) is 0 Å². The van der Waals surface area contributed by atoms with E-state index in [-0.39, 0.29) is 17.5 Å². The van der Waals surface area contributed by atoms with E-state index in [2.05, 4.69) is 0 Å². The summed E-state index contributed by atoms with van der Waals surface area (Å²) >= 11 is 0. The third-order valence-corrected chi connectivity index (χ3v) is 2.48. The average molecular weight is 225 g/mol. The number of methoxy groups -OCH3 is 1. The smallest absolute Gasteiger partial charge is 0.165 e. The summed E-state index contributed by atoms with van der Waals surface area (Å²) in [6.45, 7) is 2.24. The molecule has 0 saturated carbocycles. The summed E-state index contributed by atoms with van der Waals surface area (Å²) in [6, 6.07) is 4.23. The van der Waals surface area contributed by atoms with E-state index >= 15 is 0 Å². The molecule has 0 aliphatic heterocycles. The molecule has 1 rings (SSSR count). The maximum absolute atomic E-state index is 13.4. The van der Waals surface area contributed by atoms with Crippen LogP contribution in [0.1, 0.15) is 23.7 Å². The molecule has 0 bridgehead atoms. The number of carbonyl (C=O) groups is 1. The second kappa shape index (κ2) is 5.61. The Morgan fingerprint density at radius 3 is 2.75 bits per heavy atom. The zero-order chi connectivity index (χ0) is 12.1. The van der Waals surface area contributed by atoms with Gasteiger partial charge in [0.25, 0.3) is 0 Å². The summed E-state index contributed by atoms with van der Waals surface area (Å²) in [6.07, 6.45) is 0.604. The normalized spacial score (nSPS) is 12.2. The minimum absolute atomic E-state index is 0.0907. The van der Waals surface area contributed by atoms with Gasteiger partial charge in [0.1, 0.15) is 0 Å². The van der Waals surface area contributed by atoms with E-state index in [4.69, 9.17) is 10.5 Å². The third-order valence-electron chi connectivity index (χ3n) is 2.48. The van der Waals surface area contributed by atoms with Crippen molar-refractivity contribution in [3.63, 3.8) is 0 Å². The molecule has 1 aromatic carbocycles. The zero-order valence-corrected chi connectivity index (χ0v) is 9.50. The van der Waals surface area contributed by atoms with Gasteiger partial charge in [-0.25, -0.2) is 4.39 Å². The number of nitrogens with two attached hydrogens (primary N) is 1. The number of rotatable bonds is 5. The molecule has 4 heteroatoms. The molecule has 0 aromatic heterocycles. The van der Waals surface area contributed by atoms with Crippen LogP contribution in [-0.2, 0) is 0 Å². The van der Waals surface area contributed by atoms with Crippen molar-refractivity contribution in [2.75, 3.05) is 13.7 Å². The van der Waals surface area contributed by atoms with Gasteiger partial charge in [0.2, 0.25) is 0 Å². The molecule has 16 heavy (non-hydrogen) atoms. The summed E-state index contributed by atoms with van der Waals surface area (Å²) in [4.78, 5) is 11.8. The SMILES string of the molecule is COc1ccc(C(=O)C(C)CCN)cc1F. The Morgan fingerprint density at radius 2 is 2.25 bits per heavy atom. The summed E-state index contributed by atoms with van der Waals surface area (Å²) in [5, 5.41) is 0. The summed E-state index contributed by atoms with van der Waals surface area (Å²) in [5.74, 6) is -0.652. The fraction of sp³-hybridized carbons (Fsp3) is 0.417. The first-order valence-corrected chi connectivity index (χ1v) is 5.18. The first-order valence-electron chi connectivity index (χ1n) is 5.18. The standard InChI is InChI=1S/C12H16FNO2/c1-8(5-6-14)12(15)9-3-4-11(16-2)10(13)7-9/h3-4,7-8H,5-6,14H2,1-2H3. The van der Waals surface area contributed by atoms with Crippen LogP contribution in [0.3, 0.4) is 0 Å². The molecule has 88 valence electrons. The topological polar surface area (TPSA) is 52.3 Å². The number of benzene rings is 1. The molecule has 0 spiro atoms. The number of hydrogen-bond donors (Lipinski definition) is 1. The Morgan fingerprint density at radius 1 is 1.56 bits per heavy atom. The van der Waals surface area contributed by atoms with E-state index in [0.29, 0.717) is 18.5 Å². The van der Waals surface area contributed by atoms with Gasteiger partial charge in [-0.1, -0.05) is 6.92 Å². The van der Waals surface area contributed by atoms with Gasteiger partial charge in [-0.05, 0) is 31.2 Å². The van der Waals surface area contributed by atoms with Crippen molar-refractivity contribution >= 4 is 5.78 Å². The van der Waals surface area contributed by atoms with E-state index in [0.717, 1.165) is 0 Å². The van der Waals surface area contributed by atoms with Crippen LogP contribution in [0.2, 0.25) is 0 Å². The quantitative estimate of drug-likeness (QED) is 0.780. The highest BCUT2D eigenvalue weighted by atomic mass is 19.1. The van der Waals surface area contributed by atoms with E-state index in [1.165, 1.54) is 19.2 Å². The Balaban J connectivity index is 2.88. The predicted octanol–water partition coefficient (Wildman–Crippen LogP) is 2.00. The lowest BCUT2D eigenvalue weighted by Gasteiger charge is -2.09. The molecule has 1 atom stereocenters. The van der Waals surface area contributed by atoms with Crippen LogP contribution in [-0.4, -0.2) is 19.4 Å². The lowest BCUT2D eigenvalue weighted by molar-refractivity contribution is 0.0925. The van der Waals surface area contributed by atoms with Crippen LogP contribution in [0.15, 0.2) is 18.2 Å². The Bertz CT molecular complexity index is 379. The second-order valence-electron chi connectivity index (χ2n) is 3.69. The minimum atomic E-state index is -0.520. The molecule has 0 heterocycles. The number of hydrogen-bond acceptors (Lipinski definition) is 3. The van der Waals surface area contributed by atoms with E-state index < -0.39 is 5.82 Å². The van der Waals surface area contributed by atoms with Crippen LogP contribution < -0.4 is 10.5 Å². The highest BCUT2D eigenvalue weighted by molar-refractivity contribution is 5.97. The van der Waals surface area contributed by atoms with Crippen molar-refractivity contribution in [3.05, 3.63) is 29.6 Å². The van der Waals surface area contributed by atoms with Gasteiger partial charge in [0.05, 0.1) is 7.11 Å². The number of halogens is 1. The Kier molecular flexibility index (Phi) is 4.43. The van der Waals surface area contributed by atoms with Crippen molar-refractivity contribution in [2.45, 2.75) is 13.3 Å². The summed E-state index contributed by atoms with van der Waals surface area (Å²) < 4.78 is 18.1. The largest absolute Gasteiger partial charge is 0.494 e. The van der Waals surface area contributed by atoms with Crippen molar-refractivity contribution in [1.82, 2.24) is 0 Å². The molecule has 3 nitrogen and oxygen atoms in total. The lowest BCUT2D eigenvalue weighted by Crippen LogP contribution is -2.15. The van der Waals surface area contributed by atoms with Crippen molar-refractivity contribution in [1.29, 1.82) is 0 Å². The number of Topliss-reactive ketones (excluding diaryl/α,β-unsaturated/α-hetero) is 1. The van der Waals surface area contributed by atoms with Crippen LogP contribution in [0.25, 0.3) is 0 Å². The van der Waals surface area contributed by atoms with Gasteiger partial charge in [-0.3, -0.25) is 4.79 Å². The molecule has 0 radical (unpaired) electrons. The maximum Gasteiger partial charge on any atom is 0.165 e. The van der Waals surface area contributed by atoms with Crippen molar-refractivity contribution in [2.24, 2.45) is 11.7 Å².